The van der Waals surface area contributed by atoms with E-state index < -0.39 is 44.1 Å². The first-order valence-electron chi connectivity index (χ1n) is 4.83. The first-order valence-corrected chi connectivity index (χ1v) is 4.83. The van der Waals surface area contributed by atoms with Crippen LogP contribution < -0.4 is 0 Å². The van der Waals surface area contributed by atoms with Crippen molar-refractivity contribution in [3.63, 3.8) is 0 Å². The van der Waals surface area contributed by atoms with E-state index in [2.05, 4.69) is 0 Å². The molecule has 0 heterocycles. The zero-order valence-electron chi connectivity index (χ0n) is 8.58. The van der Waals surface area contributed by atoms with Gasteiger partial charge in [0, 0.05) is 11.8 Å². The minimum absolute atomic E-state index is 0.0342. The van der Waals surface area contributed by atoms with E-state index in [1.807, 2.05) is 0 Å². The van der Waals surface area contributed by atoms with Gasteiger partial charge in [0.05, 0.1) is 38.6 Å². The lowest BCUT2D eigenvalue weighted by Gasteiger charge is -2.30. The Labute approximate surface area is 88.4 Å². The highest BCUT2D eigenvalue weighted by atomic mass is 16.3. The normalized spacial score (nSPS) is 16.4. The van der Waals surface area contributed by atoms with Gasteiger partial charge in [-0.2, -0.15) is 0 Å². The van der Waals surface area contributed by atoms with Crippen LogP contribution in [0.2, 0.25) is 0 Å². The predicted molar refractivity (Wildman–Crippen MR) is 52.0 cm³/mol. The van der Waals surface area contributed by atoms with Gasteiger partial charge in [-0.15, -0.1) is 0 Å². The Bertz CT molecular complexity index is 150. The third kappa shape index (κ3) is 4.87. The zero-order valence-corrected chi connectivity index (χ0v) is 8.58. The van der Waals surface area contributed by atoms with E-state index in [9.17, 15) is 5.11 Å². The van der Waals surface area contributed by atoms with Crippen molar-refractivity contribution in [1.29, 1.82) is 0 Å². The van der Waals surface area contributed by atoms with Crippen LogP contribution in [0.3, 0.4) is 0 Å². The van der Waals surface area contributed by atoms with Gasteiger partial charge in [-0.1, -0.05) is 0 Å². The smallest absolute Gasteiger partial charge is 0.0795 e. The summed E-state index contributed by atoms with van der Waals surface area (Å²) in [4.78, 5) is 0. The highest BCUT2D eigenvalue weighted by molar-refractivity contribution is 4.81. The van der Waals surface area contributed by atoms with E-state index in [1.54, 1.807) is 0 Å². The maximum absolute atomic E-state index is 9.48. The van der Waals surface area contributed by atoms with Gasteiger partial charge in [0.25, 0.3) is 0 Å². The largest absolute Gasteiger partial charge is 0.396 e. The molecule has 0 fully saturated rings. The molecule has 15 heavy (non-hydrogen) atoms. The molecule has 0 radical (unpaired) electrons. The average molecular weight is 224 g/mol. The summed E-state index contributed by atoms with van der Waals surface area (Å²) >= 11 is 0. The van der Waals surface area contributed by atoms with E-state index in [-0.39, 0.29) is 12.8 Å². The van der Waals surface area contributed by atoms with Crippen molar-refractivity contribution in [2.75, 3.05) is 26.4 Å². The average Bonchev–Trinajstić information content (AvgIpc) is 2.26. The molecule has 0 aromatic heterocycles. The molecule has 0 amide bonds. The summed E-state index contributed by atoms with van der Waals surface area (Å²) in [7, 11) is 0. The van der Waals surface area contributed by atoms with Gasteiger partial charge < -0.3 is 30.6 Å². The predicted octanol–water partition coefficient (Wildman–Crippen LogP) is -2.56. The number of hydrogen-bond donors (Lipinski definition) is 6. The number of aliphatic hydroxyl groups excluding tert-OH is 6. The van der Waals surface area contributed by atoms with Crippen LogP contribution in [-0.2, 0) is 0 Å². The fourth-order valence-corrected chi connectivity index (χ4v) is 1.32. The minimum atomic E-state index is -1.14. The maximum Gasteiger partial charge on any atom is 0.0795 e. The third-order valence-corrected chi connectivity index (χ3v) is 2.43. The van der Waals surface area contributed by atoms with Crippen LogP contribution >= 0.6 is 0 Å². The molecule has 0 bridgehead atoms. The molecule has 0 aromatic carbocycles. The quantitative estimate of drug-likeness (QED) is 0.270. The lowest BCUT2D eigenvalue weighted by molar-refractivity contribution is -0.0433. The van der Waals surface area contributed by atoms with Gasteiger partial charge in [0.15, 0.2) is 0 Å². The monoisotopic (exact) mass is 224 g/mol. The summed E-state index contributed by atoms with van der Waals surface area (Å²) in [5.74, 6) is 0. The Morgan fingerprint density at radius 1 is 0.800 bits per heavy atom. The molecule has 0 aliphatic rings. The van der Waals surface area contributed by atoms with Crippen molar-refractivity contribution in [2.45, 2.75) is 25.0 Å². The molecule has 0 spiro atoms. The number of aliphatic hydroxyl groups is 6. The first kappa shape index (κ1) is 14.8. The minimum Gasteiger partial charge on any atom is -0.396 e. The summed E-state index contributed by atoms with van der Waals surface area (Å²) in [6.45, 7) is -1.81. The fourth-order valence-electron chi connectivity index (χ4n) is 1.32. The van der Waals surface area contributed by atoms with Crippen LogP contribution in [0.1, 0.15) is 12.8 Å². The molecule has 6 nitrogen and oxygen atoms in total. The SMILES string of the molecule is OCC(O)CC(O)CC(CO)(CO)CO. The molecule has 2 atom stereocenters. The highest BCUT2D eigenvalue weighted by Gasteiger charge is 2.31. The Balaban J connectivity index is 4.16. The van der Waals surface area contributed by atoms with E-state index >= 15 is 0 Å². The van der Waals surface area contributed by atoms with E-state index in [0.717, 1.165) is 0 Å². The second-order valence-corrected chi connectivity index (χ2v) is 3.90. The topological polar surface area (TPSA) is 121 Å². The zero-order chi connectivity index (χ0) is 11.9. The molecule has 0 aliphatic heterocycles. The van der Waals surface area contributed by atoms with Crippen molar-refractivity contribution in [1.82, 2.24) is 0 Å². The Kier molecular flexibility index (Phi) is 6.99. The second-order valence-electron chi connectivity index (χ2n) is 3.90. The molecule has 0 aromatic rings. The molecule has 92 valence electrons. The van der Waals surface area contributed by atoms with Crippen molar-refractivity contribution in [2.24, 2.45) is 5.41 Å². The Morgan fingerprint density at radius 3 is 1.60 bits per heavy atom. The third-order valence-electron chi connectivity index (χ3n) is 2.43. The highest BCUT2D eigenvalue weighted by Crippen LogP contribution is 2.23. The van der Waals surface area contributed by atoms with Crippen molar-refractivity contribution in [3.8, 4) is 0 Å². The molecular formula is C9H20O6. The molecule has 6 N–H and O–H groups in total. The van der Waals surface area contributed by atoms with E-state index in [0.29, 0.717) is 0 Å². The molecule has 0 aliphatic carbocycles. The molecule has 6 heteroatoms. The number of hydrogen-bond acceptors (Lipinski definition) is 6. The fraction of sp³-hybridized carbons (Fsp3) is 1.00. The van der Waals surface area contributed by atoms with Gasteiger partial charge in [0.1, 0.15) is 0 Å². The van der Waals surface area contributed by atoms with Gasteiger partial charge in [-0.25, -0.2) is 0 Å². The summed E-state index contributed by atoms with van der Waals surface area (Å²) in [5, 5.41) is 54.0. The van der Waals surface area contributed by atoms with Crippen LogP contribution in [0.4, 0.5) is 0 Å². The van der Waals surface area contributed by atoms with Crippen LogP contribution in [0, 0.1) is 5.41 Å². The number of rotatable bonds is 8. The van der Waals surface area contributed by atoms with Gasteiger partial charge in [0.2, 0.25) is 0 Å². The van der Waals surface area contributed by atoms with Crippen LogP contribution in [0.5, 0.6) is 0 Å². The lowest BCUT2D eigenvalue weighted by Crippen LogP contribution is -2.38. The Hall–Kier alpha value is -0.240. The summed E-state index contributed by atoms with van der Waals surface area (Å²) < 4.78 is 0. The molecule has 0 saturated heterocycles. The second kappa shape index (κ2) is 7.10. The van der Waals surface area contributed by atoms with Gasteiger partial charge in [-0.05, 0) is 6.42 Å². The van der Waals surface area contributed by atoms with Crippen molar-refractivity contribution >= 4 is 0 Å². The lowest BCUT2D eigenvalue weighted by atomic mass is 9.83. The summed E-state index contributed by atoms with van der Waals surface area (Å²) in [5.41, 5.74) is -1.14. The van der Waals surface area contributed by atoms with Crippen LogP contribution in [-0.4, -0.2) is 69.3 Å². The van der Waals surface area contributed by atoms with Crippen molar-refractivity contribution in [3.05, 3.63) is 0 Å². The molecule has 0 saturated carbocycles. The van der Waals surface area contributed by atoms with Crippen LogP contribution in [0.25, 0.3) is 0 Å². The summed E-state index contributed by atoms with van der Waals surface area (Å²) in [6.07, 6.45) is -2.11. The summed E-state index contributed by atoms with van der Waals surface area (Å²) in [6, 6.07) is 0. The first-order chi connectivity index (χ1) is 7.03. The maximum atomic E-state index is 9.48. The van der Waals surface area contributed by atoms with Crippen LogP contribution in [0.15, 0.2) is 0 Å². The Morgan fingerprint density at radius 2 is 1.27 bits per heavy atom. The van der Waals surface area contributed by atoms with Gasteiger partial charge >= 0.3 is 0 Å². The van der Waals surface area contributed by atoms with E-state index in [1.165, 1.54) is 0 Å². The molecule has 2 unspecified atom stereocenters. The standard InChI is InChI=1S/C9H20O6/c10-3-8(15)1-7(14)2-9(4-11,5-12)6-13/h7-8,10-15H,1-6H2. The van der Waals surface area contributed by atoms with Gasteiger partial charge in [-0.3, -0.25) is 0 Å². The molecule has 0 rings (SSSR count). The van der Waals surface area contributed by atoms with Crippen molar-refractivity contribution < 1.29 is 30.6 Å². The van der Waals surface area contributed by atoms with E-state index in [4.69, 9.17) is 25.5 Å². The molecular weight excluding hydrogens is 204 g/mol.